The van der Waals surface area contributed by atoms with E-state index < -0.39 is 38.5 Å². The van der Waals surface area contributed by atoms with Crippen molar-refractivity contribution in [2.45, 2.75) is 27.7 Å². The first-order valence-electron chi connectivity index (χ1n) is 5.71. The third-order valence-electron chi connectivity index (χ3n) is 1.20. The number of rotatable bonds is 10. The molecule has 128 valence electrons. The Labute approximate surface area is 130 Å². The molecular weight excluding hydrogens is 326 g/mol. The highest BCUT2D eigenvalue weighted by atomic mass is 17.3. The lowest BCUT2D eigenvalue weighted by molar-refractivity contribution is -0.289. The highest BCUT2D eigenvalue weighted by Crippen LogP contribution is 2.03. The molecule has 0 radical (unpaired) electrons. The average molecular weight is 338 g/mol. The van der Waals surface area contributed by atoms with Crippen molar-refractivity contribution in [1.82, 2.24) is 0 Å². The molecule has 0 unspecified atom stereocenters. The third-order valence-corrected chi connectivity index (χ3v) is 1.20. The third kappa shape index (κ3) is 13.2. The second kappa shape index (κ2) is 11.4. The summed E-state index contributed by atoms with van der Waals surface area (Å²) >= 11 is 0. The van der Waals surface area contributed by atoms with Crippen LogP contribution in [-0.4, -0.2) is 38.5 Å². The molecule has 0 aromatic rings. The van der Waals surface area contributed by atoms with Crippen LogP contribution in [0.3, 0.4) is 0 Å². The van der Waals surface area contributed by atoms with Gasteiger partial charge in [0.1, 0.15) is 0 Å². The van der Waals surface area contributed by atoms with Crippen LogP contribution in [0.25, 0.3) is 0 Å². The molecular formula is C8H12B2O13. The molecule has 15 heteroatoms. The van der Waals surface area contributed by atoms with Crippen molar-refractivity contribution in [2.75, 3.05) is 0 Å². The fraction of sp³-hybridized carbons (Fsp3) is 0.500. The lowest BCUT2D eigenvalue weighted by atomic mass is 10.1. The van der Waals surface area contributed by atoms with E-state index in [0.29, 0.717) is 0 Å². The molecule has 0 bridgehead atoms. The van der Waals surface area contributed by atoms with Crippen LogP contribution < -0.4 is 0 Å². The highest BCUT2D eigenvalue weighted by Gasteiger charge is 2.40. The normalized spacial score (nSPS) is 9.57. The van der Waals surface area contributed by atoms with Crippen LogP contribution in [0.1, 0.15) is 27.7 Å². The van der Waals surface area contributed by atoms with E-state index in [4.69, 9.17) is 0 Å². The molecule has 0 fully saturated rings. The molecule has 0 aliphatic heterocycles. The number of hydrogen-bond donors (Lipinski definition) is 0. The number of carbonyl (C=O) groups excluding carboxylic acids is 4. The molecule has 0 aliphatic carbocycles. The Morgan fingerprint density at radius 3 is 0.913 bits per heavy atom. The minimum atomic E-state index is -2.04. The van der Waals surface area contributed by atoms with Gasteiger partial charge in [0.05, 0.1) is 0 Å². The lowest BCUT2D eigenvalue weighted by Gasteiger charge is -2.14. The topological polar surface area (TPSA) is 151 Å². The predicted octanol–water partition coefficient (Wildman–Crippen LogP) is -1.05. The van der Waals surface area contributed by atoms with Crippen LogP contribution in [-0.2, 0) is 62.5 Å². The summed E-state index contributed by atoms with van der Waals surface area (Å²) in [5.41, 5.74) is 0. The molecule has 0 aliphatic rings. The first kappa shape index (κ1) is 20.8. The molecule has 0 spiro atoms. The first-order chi connectivity index (χ1) is 10.7. The second-order valence-electron chi connectivity index (χ2n) is 3.40. The fourth-order valence-corrected chi connectivity index (χ4v) is 0.642. The summed E-state index contributed by atoms with van der Waals surface area (Å²) in [6, 6.07) is 0. The van der Waals surface area contributed by atoms with Crippen LogP contribution in [0.15, 0.2) is 0 Å². The molecule has 0 saturated heterocycles. The summed E-state index contributed by atoms with van der Waals surface area (Å²) in [5, 5.41) is 0. The Hall–Kier alpha value is -2.19. The summed E-state index contributed by atoms with van der Waals surface area (Å²) in [6.07, 6.45) is 0. The quantitative estimate of drug-likeness (QED) is 0.271. The Bertz CT molecular complexity index is 352. The Morgan fingerprint density at radius 1 is 0.522 bits per heavy atom. The van der Waals surface area contributed by atoms with Gasteiger partial charge in [-0.25, -0.2) is 19.2 Å². The Kier molecular flexibility index (Phi) is 10.3. The van der Waals surface area contributed by atoms with Gasteiger partial charge in [0, 0.05) is 27.7 Å². The summed E-state index contributed by atoms with van der Waals surface area (Å²) in [5.74, 6) is -3.65. The SMILES string of the molecule is CC(=O)OOB(OOC(C)=O)OB(OOC(C)=O)OOC(C)=O. The second-order valence-corrected chi connectivity index (χ2v) is 3.40. The molecule has 0 aromatic carbocycles. The molecule has 0 amide bonds. The van der Waals surface area contributed by atoms with Crippen molar-refractivity contribution in [2.24, 2.45) is 0 Å². The van der Waals surface area contributed by atoms with Crippen LogP contribution >= 0.6 is 0 Å². The molecule has 23 heavy (non-hydrogen) atoms. The van der Waals surface area contributed by atoms with Gasteiger partial charge in [-0.2, -0.15) is 19.2 Å². The maximum absolute atomic E-state index is 10.6. The largest absolute Gasteiger partial charge is 0.704 e. The lowest BCUT2D eigenvalue weighted by Crippen LogP contribution is -2.40. The number of carbonyl (C=O) groups is 4. The van der Waals surface area contributed by atoms with E-state index in [1.807, 2.05) is 0 Å². The van der Waals surface area contributed by atoms with Crippen LogP contribution in [0.2, 0.25) is 0 Å². The smallest absolute Gasteiger partial charge is 0.391 e. The molecule has 0 rings (SSSR count). The minimum absolute atomic E-state index is 0.914. The highest BCUT2D eigenvalue weighted by molar-refractivity contribution is 6.51. The van der Waals surface area contributed by atoms with Crippen LogP contribution in [0.5, 0.6) is 0 Å². The maximum atomic E-state index is 10.6. The van der Waals surface area contributed by atoms with Crippen molar-refractivity contribution in [3.05, 3.63) is 0 Å². The fourth-order valence-electron chi connectivity index (χ4n) is 0.642. The van der Waals surface area contributed by atoms with Crippen molar-refractivity contribution in [3.63, 3.8) is 0 Å². The van der Waals surface area contributed by atoms with E-state index in [0.717, 1.165) is 27.7 Å². The van der Waals surface area contributed by atoms with E-state index in [1.165, 1.54) is 0 Å². The molecule has 0 N–H and O–H groups in total. The molecule has 0 saturated carbocycles. The Morgan fingerprint density at radius 2 is 0.739 bits per heavy atom. The monoisotopic (exact) mass is 338 g/mol. The van der Waals surface area contributed by atoms with Gasteiger partial charge in [-0.15, -0.1) is 0 Å². The molecule has 13 nitrogen and oxygen atoms in total. The van der Waals surface area contributed by atoms with E-state index in [2.05, 4.69) is 43.3 Å². The van der Waals surface area contributed by atoms with Crippen molar-refractivity contribution < 1.29 is 62.5 Å². The van der Waals surface area contributed by atoms with Crippen molar-refractivity contribution in [3.8, 4) is 0 Å². The van der Waals surface area contributed by atoms with E-state index in [1.54, 1.807) is 0 Å². The zero-order valence-corrected chi connectivity index (χ0v) is 12.5. The summed E-state index contributed by atoms with van der Waals surface area (Å²) in [7, 11) is -4.09. The zero-order chi connectivity index (χ0) is 17.8. The van der Waals surface area contributed by atoms with Gasteiger partial charge in [0.15, 0.2) is 0 Å². The standard InChI is InChI=1S/C8H12B2O13/c1-5(11)15-20-9(21-16-6(2)12)19-10(22-17-7(3)13)23-18-8(4)14/h1-4H3. The molecule has 0 heterocycles. The minimum Gasteiger partial charge on any atom is -0.391 e. The summed E-state index contributed by atoms with van der Waals surface area (Å²) in [4.78, 5) is 76.0. The first-order valence-corrected chi connectivity index (χ1v) is 5.71. The van der Waals surface area contributed by atoms with Gasteiger partial charge in [-0.05, 0) is 0 Å². The van der Waals surface area contributed by atoms with Crippen molar-refractivity contribution >= 4 is 38.5 Å². The van der Waals surface area contributed by atoms with E-state index in [9.17, 15) is 19.2 Å². The van der Waals surface area contributed by atoms with Gasteiger partial charge in [-0.1, -0.05) is 0 Å². The van der Waals surface area contributed by atoms with Gasteiger partial charge in [0.2, 0.25) is 0 Å². The maximum Gasteiger partial charge on any atom is 0.704 e. The number of hydrogen-bond acceptors (Lipinski definition) is 13. The van der Waals surface area contributed by atoms with Crippen LogP contribution in [0.4, 0.5) is 0 Å². The van der Waals surface area contributed by atoms with Crippen LogP contribution in [0, 0.1) is 0 Å². The van der Waals surface area contributed by atoms with E-state index in [-0.39, 0.29) is 0 Å². The zero-order valence-electron chi connectivity index (χ0n) is 12.5. The molecule has 0 atom stereocenters. The predicted molar refractivity (Wildman–Crippen MR) is 64.0 cm³/mol. The molecule has 0 aromatic heterocycles. The van der Waals surface area contributed by atoms with Gasteiger partial charge >= 0.3 is 38.5 Å². The van der Waals surface area contributed by atoms with Gasteiger partial charge in [0.25, 0.3) is 0 Å². The average Bonchev–Trinajstić information content (AvgIpc) is 2.43. The van der Waals surface area contributed by atoms with Crippen molar-refractivity contribution in [1.29, 1.82) is 0 Å². The van der Waals surface area contributed by atoms with E-state index >= 15 is 0 Å². The summed E-state index contributed by atoms with van der Waals surface area (Å²) < 4.78 is 4.65. The van der Waals surface area contributed by atoms with Gasteiger partial charge in [-0.3, -0.25) is 0 Å². The van der Waals surface area contributed by atoms with Gasteiger partial charge < -0.3 is 24.1 Å². The Balaban J connectivity index is 4.67. The summed E-state index contributed by atoms with van der Waals surface area (Å²) in [6.45, 7) is 3.91.